The Morgan fingerprint density at radius 2 is 1.29 bits per heavy atom. The number of carbonyl (C=O) groups excluding carboxylic acids is 3. The first kappa shape index (κ1) is 26.9. The van der Waals surface area contributed by atoms with E-state index in [-0.39, 0.29) is 10.9 Å². The van der Waals surface area contributed by atoms with Crippen molar-refractivity contribution in [2.24, 2.45) is 5.73 Å². The molecule has 35 heavy (non-hydrogen) atoms. The van der Waals surface area contributed by atoms with Crippen molar-refractivity contribution in [1.29, 1.82) is 0 Å². The molecule has 2 aromatic rings. The molecule has 0 aromatic heterocycles. The van der Waals surface area contributed by atoms with Crippen LogP contribution in [0.3, 0.4) is 0 Å². The third-order valence-corrected chi connectivity index (χ3v) is 4.64. The zero-order valence-electron chi connectivity index (χ0n) is 17.5. The number of nitrogens with zero attached hydrogens (tertiary/aromatic N) is 2. The SMILES string of the molecule is NC(=O)[C@H](CNC(=O)c1cc(B(O)O)ccc1[N+](=O)[O-])NC(=O)c1cc(B(O)O)ccc1[N+](=O)[O-]. The zero-order valence-corrected chi connectivity index (χ0v) is 17.5. The van der Waals surface area contributed by atoms with Gasteiger partial charge in [-0.1, -0.05) is 12.1 Å². The van der Waals surface area contributed by atoms with Gasteiger partial charge in [-0.15, -0.1) is 0 Å². The molecule has 2 aromatic carbocycles. The van der Waals surface area contributed by atoms with E-state index in [4.69, 9.17) is 5.73 Å². The van der Waals surface area contributed by atoms with Crippen LogP contribution in [0, 0.1) is 20.2 Å². The van der Waals surface area contributed by atoms with E-state index in [2.05, 4.69) is 10.6 Å². The molecule has 0 bridgehead atoms. The molecule has 182 valence electrons. The van der Waals surface area contributed by atoms with Crippen LogP contribution in [0.1, 0.15) is 20.7 Å². The van der Waals surface area contributed by atoms with Gasteiger partial charge in [-0.2, -0.15) is 0 Å². The third-order valence-electron chi connectivity index (χ3n) is 4.64. The van der Waals surface area contributed by atoms with Gasteiger partial charge in [0.1, 0.15) is 17.2 Å². The summed E-state index contributed by atoms with van der Waals surface area (Å²) in [6.45, 7) is -0.709. The van der Waals surface area contributed by atoms with Crippen molar-refractivity contribution >= 4 is 54.3 Å². The van der Waals surface area contributed by atoms with Crippen LogP contribution in [-0.4, -0.2) is 74.5 Å². The minimum atomic E-state index is -2.06. The predicted octanol–water partition coefficient (Wildman–Crippen LogP) is -4.12. The molecule has 0 aliphatic heterocycles. The lowest BCUT2D eigenvalue weighted by Crippen LogP contribution is -2.51. The molecule has 0 spiro atoms. The fourth-order valence-corrected chi connectivity index (χ4v) is 2.86. The van der Waals surface area contributed by atoms with Crippen molar-refractivity contribution in [3.63, 3.8) is 0 Å². The van der Waals surface area contributed by atoms with E-state index >= 15 is 0 Å². The molecule has 8 N–H and O–H groups in total. The second-order valence-corrected chi connectivity index (χ2v) is 6.95. The number of nitro groups is 2. The highest BCUT2D eigenvalue weighted by atomic mass is 16.6. The predicted molar refractivity (Wildman–Crippen MR) is 119 cm³/mol. The van der Waals surface area contributed by atoms with Gasteiger partial charge >= 0.3 is 14.2 Å². The highest BCUT2D eigenvalue weighted by molar-refractivity contribution is 6.59. The fraction of sp³-hybridized carbons (Fsp3) is 0.118. The minimum Gasteiger partial charge on any atom is -0.423 e. The summed E-state index contributed by atoms with van der Waals surface area (Å²) in [5.41, 5.74) is 2.07. The average molecular weight is 489 g/mol. The van der Waals surface area contributed by atoms with Gasteiger partial charge in [-0.25, -0.2) is 0 Å². The molecular weight excluding hydrogens is 472 g/mol. The molecule has 18 heteroatoms. The molecule has 0 saturated heterocycles. The Balaban J connectivity index is 2.27. The van der Waals surface area contributed by atoms with E-state index in [9.17, 15) is 54.7 Å². The van der Waals surface area contributed by atoms with Crippen LogP contribution in [0.5, 0.6) is 0 Å². The van der Waals surface area contributed by atoms with Gasteiger partial charge in [-0.05, 0) is 23.1 Å². The van der Waals surface area contributed by atoms with Gasteiger partial charge in [0.15, 0.2) is 0 Å². The number of primary amides is 1. The molecule has 0 unspecified atom stereocenters. The number of hydrogen-bond donors (Lipinski definition) is 7. The monoisotopic (exact) mass is 489 g/mol. The van der Waals surface area contributed by atoms with Gasteiger partial charge in [0.2, 0.25) is 5.91 Å². The Hall–Kier alpha value is -4.38. The Kier molecular flexibility index (Phi) is 8.57. The number of benzene rings is 2. The van der Waals surface area contributed by atoms with Crippen LogP contribution in [0.25, 0.3) is 0 Å². The molecule has 16 nitrogen and oxygen atoms in total. The highest BCUT2D eigenvalue weighted by Gasteiger charge is 2.28. The summed E-state index contributed by atoms with van der Waals surface area (Å²) in [5, 5.41) is 63.6. The zero-order chi connectivity index (χ0) is 26.4. The van der Waals surface area contributed by atoms with Crippen LogP contribution in [0.4, 0.5) is 11.4 Å². The second-order valence-electron chi connectivity index (χ2n) is 6.95. The molecule has 0 saturated carbocycles. The number of amides is 3. The molecule has 2 rings (SSSR count). The molecular formula is C17H17B2N5O11. The number of nitrogens with one attached hydrogen (secondary N) is 2. The van der Waals surface area contributed by atoms with Crippen LogP contribution < -0.4 is 27.3 Å². The number of nitro benzene ring substituents is 2. The van der Waals surface area contributed by atoms with Crippen LogP contribution in [0.15, 0.2) is 36.4 Å². The van der Waals surface area contributed by atoms with Crippen LogP contribution in [-0.2, 0) is 4.79 Å². The third kappa shape index (κ3) is 6.58. The Morgan fingerprint density at radius 3 is 1.66 bits per heavy atom. The Labute approximate surface area is 196 Å². The van der Waals surface area contributed by atoms with Crippen molar-refractivity contribution in [2.45, 2.75) is 6.04 Å². The second kappa shape index (κ2) is 11.2. The lowest BCUT2D eigenvalue weighted by molar-refractivity contribution is -0.385. The summed E-state index contributed by atoms with van der Waals surface area (Å²) in [6.07, 6.45) is 0. The fourth-order valence-electron chi connectivity index (χ4n) is 2.86. The molecule has 0 radical (unpaired) electrons. The average Bonchev–Trinajstić information content (AvgIpc) is 2.79. The summed E-state index contributed by atoms with van der Waals surface area (Å²) in [7, 11) is -4.10. The standard InChI is InChI=1S/C17H17B2N5O11/c20-15(25)12(22-17(27)11-6-9(19(30)31)2-4-14(11)24(34)35)7-21-16(26)10-5-8(18(28)29)1-3-13(10)23(32)33/h1-6,12,28-31H,7H2,(H2,20,25)(H,21,26)(H,22,27)/t12-/m0/s1. The van der Waals surface area contributed by atoms with E-state index in [1.807, 2.05) is 0 Å². The van der Waals surface area contributed by atoms with Crippen LogP contribution in [0.2, 0.25) is 0 Å². The van der Waals surface area contributed by atoms with Crippen LogP contribution >= 0.6 is 0 Å². The van der Waals surface area contributed by atoms with E-state index in [0.717, 1.165) is 36.4 Å². The van der Waals surface area contributed by atoms with Crippen molar-refractivity contribution < 1.29 is 44.3 Å². The smallest absolute Gasteiger partial charge is 0.423 e. The largest absolute Gasteiger partial charge is 0.488 e. The molecule has 0 heterocycles. The summed E-state index contributed by atoms with van der Waals surface area (Å²) in [6, 6.07) is 3.70. The van der Waals surface area contributed by atoms with E-state index in [0.29, 0.717) is 0 Å². The van der Waals surface area contributed by atoms with Crippen molar-refractivity contribution in [3.05, 3.63) is 67.8 Å². The lowest BCUT2D eigenvalue weighted by atomic mass is 9.79. The summed E-state index contributed by atoms with van der Waals surface area (Å²) in [5.74, 6) is -3.53. The first-order valence-electron chi connectivity index (χ1n) is 9.50. The quantitative estimate of drug-likeness (QED) is 0.0957. The Bertz CT molecular complexity index is 1190. The lowest BCUT2D eigenvalue weighted by Gasteiger charge is -2.17. The number of nitrogens with two attached hydrogens (primary N) is 1. The Morgan fingerprint density at radius 1 is 0.857 bits per heavy atom. The summed E-state index contributed by atoms with van der Waals surface area (Å²) < 4.78 is 0. The first-order valence-corrected chi connectivity index (χ1v) is 9.50. The maximum Gasteiger partial charge on any atom is 0.488 e. The molecule has 1 atom stereocenters. The number of rotatable bonds is 10. The molecule has 0 fully saturated rings. The van der Waals surface area contributed by atoms with Gasteiger partial charge in [0, 0.05) is 18.7 Å². The van der Waals surface area contributed by atoms with E-state index in [1.54, 1.807) is 0 Å². The van der Waals surface area contributed by atoms with Crippen molar-refractivity contribution in [2.75, 3.05) is 6.54 Å². The first-order chi connectivity index (χ1) is 16.3. The summed E-state index contributed by atoms with van der Waals surface area (Å²) >= 11 is 0. The number of hydrogen-bond acceptors (Lipinski definition) is 11. The van der Waals surface area contributed by atoms with Gasteiger partial charge in [-0.3, -0.25) is 34.6 Å². The van der Waals surface area contributed by atoms with Gasteiger partial charge in [0.25, 0.3) is 23.2 Å². The minimum absolute atomic E-state index is 0.237. The van der Waals surface area contributed by atoms with Gasteiger partial charge in [0.05, 0.1) is 9.85 Å². The number of carbonyl (C=O) groups is 3. The van der Waals surface area contributed by atoms with E-state index in [1.165, 1.54) is 0 Å². The summed E-state index contributed by atoms with van der Waals surface area (Å²) in [4.78, 5) is 57.5. The van der Waals surface area contributed by atoms with Gasteiger partial charge < -0.3 is 36.5 Å². The normalized spacial score (nSPS) is 11.2. The highest BCUT2D eigenvalue weighted by Crippen LogP contribution is 2.18. The van der Waals surface area contributed by atoms with E-state index < -0.39 is 76.9 Å². The molecule has 3 amide bonds. The van der Waals surface area contributed by atoms with Crippen molar-refractivity contribution in [3.8, 4) is 0 Å². The molecule has 0 aliphatic carbocycles. The molecule has 0 aliphatic rings. The maximum atomic E-state index is 12.6. The van der Waals surface area contributed by atoms with Crippen molar-refractivity contribution in [1.82, 2.24) is 10.6 Å². The maximum absolute atomic E-state index is 12.6. The topological polar surface area (TPSA) is 268 Å².